The number of benzene rings is 12. The highest BCUT2D eigenvalue weighted by molar-refractivity contribution is 6.17. The second-order valence-corrected chi connectivity index (χ2v) is 16.5. The van der Waals surface area contributed by atoms with Crippen LogP contribution in [-0.4, -0.2) is 0 Å². The van der Waals surface area contributed by atoms with Crippen LogP contribution in [0, 0.1) is 0 Å². The van der Waals surface area contributed by atoms with Gasteiger partial charge in [0.05, 0.1) is 5.69 Å². The summed E-state index contributed by atoms with van der Waals surface area (Å²) in [7, 11) is 0. The van der Waals surface area contributed by atoms with Gasteiger partial charge in [0.15, 0.2) is 0 Å². The molecular weight excluding hydrogens is 759 g/mol. The van der Waals surface area contributed by atoms with Gasteiger partial charge in [-0.3, -0.25) is 0 Å². The maximum atomic E-state index is 2.43. The standard InChI is InChI=1S/C62H41N/c1-3-12-42(13-4-1)44-22-24-46(25-23-44)56-36-37-62(61-21-10-9-20-58(56)61)63(53-18-11-17-47(40-53)43-14-5-2-6-15-43)54-32-28-49-38-48(26-27-51(49)41-54)50-30-33-57-52(39-50)31-35-59-55-19-8-7-16-45(55)29-34-60(57)59/h1-41H. The fourth-order valence-corrected chi connectivity index (χ4v) is 9.65. The highest BCUT2D eigenvalue weighted by atomic mass is 15.1. The highest BCUT2D eigenvalue weighted by Gasteiger charge is 2.19. The molecule has 0 amide bonds. The molecule has 0 aromatic heterocycles. The van der Waals surface area contributed by atoms with Gasteiger partial charge in [0.25, 0.3) is 0 Å². The van der Waals surface area contributed by atoms with Crippen LogP contribution in [0.2, 0.25) is 0 Å². The van der Waals surface area contributed by atoms with Crippen LogP contribution in [0.15, 0.2) is 249 Å². The van der Waals surface area contributed by atoms with Crippen LogP contribution in [0.1, 0.15) is 0 Å². The molecule has 63 heavy (non-hydrogen) atoms. The van der Waals surface area contributed by atoms with Crippen molar-refractivity contribution in [3.8, 4) is 44.5 Å². The van der Waals surface area contributed by atoms with E-state index >= 15 is 0 Å². The third-order valence-corrected chi connectivity index (χ3v) is 12.8. The third kappa shape index (κ3) is 6.59. The lowest BCUT2D eigenvalue weighted by molar-refractivity contribution is 1.30. The second kappa shape index (κ2) is 15.3. The Balaban J connectivity index is 0.955. The lowest BCUT2D eigenvalue weighted by Gasteiger charge is -2.28. The van der Waals surface area contributed by atoms with Crippen LogP contribution in [0.5, 0.6) is 0 Å². The largest absolute Gasteiger partial charge is 0.310 e. The summed E-state index contributed by atoms with van der Waals surface area (Å²) >= 11 is 0. The number of anilines is 3. The number of fused-ring (bicyclic) bond motifs is 7. The molecule has 0 bridgehead atoms. The highest BCUT2D eigenvalue weighted by Crippen LogP contribution is 2.44. The molecule has 0 radical (unpaired) electrons. The van der Waals surface area contributed by atoms with E-state index in [0.717, 1.165) is 17.1 Å². The Morgan fingerprint density at radius 3 is 1.46 bits per heavy atom. The Morgan fingerprint density at radius 2 is 0.683 bits per heavy atom. The molecule has 0 aliphatic heterocycles. The zero-order valence-corrected chi connectivity index (χ0v) is 34.6. The van der Waals surface area contributed by atoms with E-state index in [9.17, 15) is 0 Å². The molecule has 12 aromatic carbocycles. The molecule has 0 saturated heterocycles. The Labute approximate surface area is 367 Å². The lowest BCUT2D eigenvalue weighted by atomic mass is 9.94. The monoisotopic (exact) mass is 799 g/mol. The van der Waals surface area contributed by atoms with Crippen LogP contribution in [0.3, 0.4) is 0 Å². The zero-order chi connectivity index (χ0) is 41.7. The molecule has 0 fully saturated rings. The van der Waals surface area contributed by atoms with Crippen LogP contribution in [0.4, 0.5) is 17.1 Å². The summed E-state index contributed by atoms with van der Waals surface area (Å²) in [6.45, 7) is 0. The van der Waals surface area contributed by atoms with Crippen LogP contribution in [0.25, 0.3) is 98.4 Å². The molecule has 0 heterocycles. The van der Waals surface area contributed by atoms with Crippen molar-refractivity contribution in [3.05, 3.63) is 249 Å². The van der Waals surface area contributed by atoms with Crippen molar-refractivity contribution in [2.45, 2.75) is 0 Å². The molecule has 1 heteroatoms. The molecule has 0 aliphatic carbocycles. The van der Waals surface area contributed by atoms with Crippen molar-refractivity contribution < 1.29 is 0 Å². The minimum absolute atomic E-state index is 1.11. The first-order valence-corrected chi connectivity index (χ1v) is 21.7. The van der Waals surface area contributed by atoms with Gasteiger partial charge in [-0.2, -0.15) is 0 Å². The fourth-order valence-electron chi connectivity index (χ4n) is 9.65. The van der Waals surface area contributed by atoms with Gasteiger partial charge in [-0.25, -0.2) is 0 Å². The van der Waals surface area contributed by atoms with E-state index in [1.54, 1.807) is 0 Å². The van der Waals surface area contributed by atoms with E-state index in [2.05, 4.69) is 254 Å². The predicted molar refractivity (Wildman–Crippen MR) is 270 cm³/mol. The summed E-state index contributed by atoms with van der Waals surface area (Å²) < 4.78 is 0. The van der Waals surface area contributed by atoms with Gasteiger partial charge in [0.2, 0.25) is 0 Å². The Bertz CT molecular complexity index is 3660. The van der Waals surface area contributed by atoms with Crippen molar-refractivity contribution in [1.29, 1.82) is 0 Å². The van der Waals surface area contributed by atoms with Crippen LogP contribution >= 0.6 is 0 Å². The summed E-state index contributed by atoms with van der Waals surface area (Å²) in [5.41, 5.74) is 13.0. The number of rotatable bonds is 7. The van der Waals surface area contributed by atoms with E-state index in [4.69, 9.17) is 0 Å². The maximum Gasteiger partial charge on any atom is 0.0540 e. The van der Waals surface area contributed by atoms with Gasteiger partial charge in [0, 0.05) is 16.8 Å². The van der Waals surface area contributed by atoms with Crippen molar-refractivity contribution in [2.75, 3.05) is 4.90 Å². The van der Waals surface area contributed by atoms with E-state index in [1.807, 2.05) is 0 Å². The summed E-state index contributed by atoms with van der Waals surface area (Å²) in [5.74, 6) is 0. The first-order chi connectivity index (χ1) is 31.2. The molecule has 0 saturated carbocycles. The average molecular weight is 800 g/mol. The summed E-state index contributed by atoms with van der Waals surface area (Å²) in [6, 6.07) is 91.1. The van der Waals surface area contributed by atoms with Gasteiger partial charge in [-0.15, -0.1) is 0 Å². The van der Waals surface area contributed by atoms with E-state index in [-0.39, 0.29) is 0 Å². The number of hydrogen-bond donors (Lipinski definition) is 0. The molecule has 0 spiro atoms. The molecule has 0 atom stereocenters. The maximum absolute atomic E-state index is 2.43. The average Bonchev–Trinajstić information content (AvgIpc) is 3.36. The Kier molecular flexibility index (Phi) is 8.90. The minimum Gasteiger partial charge on any atom is -0.310 e. The zero-order valence-electron chi connectivity index (χ0n) is 34.6. The van der Waals surface area contributed by atoms with Crippen molar-refractivity contribution in [1.82, 2.24) is 0 Å². The first kappa shape index (κ1) is 36.6. The van der Waals surface area contributed by atoms with Gasteiger partial charge < -0.3 is 4.90 Å². The molecular formula is C62H41N. The number of nitrogens with zero attached hydrogens (tertiary/aromatic N) is 1. The predicted octanol–water partition coefficient (Wildman–Crippen LogP) is 17.6. The van der Waals surface area contributed by atoms with Gasteiger partial charge in [-0.05, 0) is 135 Å². The summed E-state index contributed by atoms with van der Waals surface area (Å²) in [6.07, 6.45) is 0. The van der Waals surface area contributed by atoms with Crippen LogP contribution < -0.4 is 4.90 Å². The molecule has 0 unspecified atom stereocenters. The van der Waals surface area contributed by atoms with Crippen LogP contribution in [-0.2, 0) is 0 Å². The van der Waals surface area contributed by atoms with Crippen molar-refractivity contribution in [2.24, 2.45) is 0 Å². The summed E-state index contributed by atoms with van der Waals surface area (Å²) in [5, 5.41) is 12.5. The molecule has 0 N–H and O–H groups in total. The van der Waals surface area contributed by atoms with Gasteiger partial charge in [-0.1, -0.05) is 206 Å². The van der Waals surface area contributed by atoms with E-state index in [1.165, 1.54) is 98.4 Å². The smallest absolute Gasteiger partial charge is 0.0540 e. The molecule has 12 aromatic rings. The first-order valence-electron chi connectivity index (χ1n) is 21.7. The second-order valence-electron chi connectivity index (χ2n) is 16.5. The molecule has 1 nitrogen and oxygen atoms in total. The van der Waals surface area contributed by atoms with E-state index in [0.29, 0.717) is 0 Å². The molecule has 12 rings (SSSR count). The minimum atomic E-state index is 1.11. The van der Waals surface area contributed by atoms with Gasteiger partial charge >= 0.3 is 0 Å². The third-order valence-electron chi connectivity index (χ3n) is 12.8. The normalized spacial score (nSPS) is 11.5. The number of hydrogen-bond acceptors (Lipinski definition) is 1. The SMILES string of the molecule is c1ccc(-c2ccc(-c3ccc(N(c4cccc(-c5ccccc5)c4)c4ccc5cc(-c6ccc7c(ccc8c9ccccc9ccc78)c6)ccc5c4)c4ccccc34)cc2)cc1. The lowest BCUT2D eigenvalue weighted by Crippen LogP contribution is -2.11. The fraction of sp³-hybridized carbons (Fsp3) is 0. The molecule has 0 aliphatic rings. The van der Waals surface area contributed by atoms with Gasteiger partial charge in [0.1, 0.15) is 0 Å². The van der Waals surface area contributed by atoms with Crippen molar-refractivity contribution >= 4 is 70.9 Å². The van der Waals surface area contributed by atoms with E-state index < -0.39 is 0 Å². The Morgan fingerprint density at radius 1 is 0.206 bits per heavy atom. The molecule has 294 valence electrons. The topological polar surface area (TPSA) is 3.24 Å². The Hall–Kier alpha value is -8.26. The quantitative estimate of drug-likeness (QED) is 0.145. The summed E-state index contributed by atoms with van der Waals surface area (Å²) in [4.78, 5) is 2.43. The van der Waals surface area contributed by atoms with Crippen molar-refractivity contribution in [3.63, 3.8) is 0 Å².